The van der Waals surface area contributed by atoms with Gasteiger partial charge in [-0.25, -0.2) is 0 Å². The monoisotopic (exact) mass is 219 g/mol. The van der Waals surface area contributed by atoms with Gasteiger partial charge in [-0.05, 0) is 24.6 Å². The molecular weight excluding hydrogens is 206 g/mol. The largest absolute Gasteiger partial charge is 0.493 e. The number of carbonyl (C=O) groups excluding carboxylic acids is 1. The maximum Gasteiger partial charge on any atom is 0.161 e. The Balaban J connectivity index is 2.65. The number of ether oxygens (including phenoxy) is 2. The van der Waals surface area contributed by atoms with Crippen LogP contribution < -0.4 is 9.47 Å². The number of aldehydes is 1. The topological polar surface area (TPSA) is 59.3 Å². The van der Waals surface area contributed by atoms with Crippen molar-refractivity contribution in [2.75, 3.05) is 13.7 Å². The summed E-state index contributed by atoms with van der Waals surface area (Å²) in [6.45, 7) is 0.463. The lowest BCUT2D eigenvalue weighted by Gasteiger charge is -2.10. The van der Waals surface area contributed by atoms with Crippen LogP contribution in [0.25, 0.3) is 0 Å². The molecule has 4 nitrogen and oxygen atoms in total. The first-order valence-corrected chi connectivity index (χ1v) is 4.94. The van der Waals surface area contributed by atoms with Crippen LogP contribution in [0.2, 0.25) is 0 Å². The summed E-state index contributed by atoms with van der Waals surface area (Å²) in [4.78, 5) is 10.6. The highest BCUT2D eigenvalue weighted by atomic mass is 16.5. The number of rotatable bonds is 6. The molecule has 0 aliphatic heterocycles. The first kappa shape index (κ1) is 12.1. The van der Waals surface area contributed by atoms with Gasteiger partial charge in [-0.3, -0.25) is 4.79 Å². The molecule has 0 aromatic heterocycles. The van der Waals surface area contributed by atoms with Gasteiger partial charge in [-0.2, -0.15) is 5.26 Å². The van der Waals surface area contributed by atoms with Gasteiger partial charge in [0.1, 0.15) is 6.29 Å². The minimum atomic E-state index is 0.463. The summed E-state index contributed by atoms with van der Waals surface area (Å²) in [5.74, 6) is 1.12. The molecule has 4 heteroatoms. The summed E-state index contributed by atoms with van der Waals surface area (Å²) in [7, 11) is 1.52. The van der Waals surface area contributed by atoms with Crippen molar-refractivity contribution >= 4 is 6.29 Å². The lowest BCUT2D eigenvalue weighted by Crippen LogP contribution is -1.99. The Morgan fingerprint density at radius 1 is 1.44 bits per heavy atom. The van der Waals surface area contributed by atoms with Crippen LogP contribution in [0.5, 0.6) is 11.5 Å². The molecular formula is C12H13NO3. The van der Waals surface area contributed by atoms with Gasteiger partial charge in [0.2, 0.25) is 0 Å². The zero-order chi connectivity index (χ0) is 11.8. The quantitative estimate of drug-likeness (QED) is 0.543. The van der Waals surface area contributed by atoms with E-state index in [1.807, 2.05) is 6.07 Å². The zero-order valence-corrected chi connectivity index (χ0v) is 9.10. The highest BCUT2D eigenvalue weighted by molar-refractivity contribution is 5.76. The molecule has 0 aliphatic carbocycles. The molecule has 0 fully saturated rings. The molecule has 0 bridgehead atoms. The van der Waals surface area contributed by atoms with Crippen molar-refractivity contribution in [3.05, 3.63) is 23.8 Å². The molecule has 16 heavy (non-hydrogen) atoms. The van der Waals surface area contributed by atoms with E-state index in [-0.39, 0.29) is 0 Å². The van der Waals surface area contributed by atoms with Crippen LogP contribution in [0.4, 0.5) is 0 Å². The third kappa shape index (κ3) is 3.28. The van der Waals surface area contributed by atoms with Crippen LogP contribution in [-0.2, 0) is 0 Å². The molecule has 1 aromatic carbocycles. The molecule has 0 radical (unpaired) electrons. The highest BCUT2D eigenvalue weighted by Crippen LogP contribution is 2.27. The Morgan fingerprint density at radius 2 is 2.25 bits per heavy atom. The van der Waals surface area contributed by atoms with Gasteiger partial charge in [0, 0.05) is 12.0 Å². The second kappa shape index (κ2) is 6.46. The fraction of sp³-hybridized carbons (Fsp3) is 0.333. The minimum absolute atomic E-state index is 0.463. The van der Waals surface area contributed by atoms with Gasteiger partial charge in [0.05, 0.1) is 19.8 Å². The number of nitrogens with zero attached hydrogens (tertiary/aromatic N) is 1. The Hall–Kier alpha value is -2.02. The molecule has 0 amide bonds. The molecule has 0 saturated carbocycles. The number of benzene rings is 1. The predicted molar refractivity (Wildman–Crippen MR) is 58.7 cm³/mol. The Labute approximate surface area is 94.4 Å². The van der Waals surface area contributed by atoms with Crippen molar-refractivity contribution < 1.29 is 14.3 Å². The minimum Gasteiger partial charge on any atom is -0.493 e. The number of hydrogen-bond acceptors (Lipinski definition) is 4. The number of nitriles is 1. The van der Waals surface area contributed by atoms with Gasteiger partial charge < -0.3 is 9.47 Å². The average Bonchev–Trinajstić information content (AvgIpc) is 2.34. The molecule has 0 aliphatic rings. The van der Waals surface area contributed by atoms with E-state index >= 15 is 0 Å². The molecule has 1 aromatic rings. The van der Waals surface area contributed by atoms with Crippen LogP contribution in [0.3, 0.4) is 0 Å². The SMILES string of the molecule is COc1cc(C=O)ccc1OCCCC#N. The second-order valence-corrected chi connectivity index (χ2v) is 3.14. The summed E-state index contributed by atoms with van der Waals surface area (Å²) in [5.41, 5.74) is 0.543. The first-order valence-electron chi connectivity index (χ1n) is 4.94. The average molecular weight is 219 g/mol. The molecule has 0 N–H and O–H groups in total. The van der Waals surface area contributed by atoms with E-state index in [9.17, 15) is 4.79 Å². The van der Waals surface area contributed by atoms with Crippen molar-refractivity contribution in [1.82, 2.24) is 0 Å². The molecule has 0 unspecified atom stereocenters. The maximum atomic E-state index is 10.6. The van der Waals surface area contributed by atoms with Crippen LogP contribution in [0, 0.1) is 11.3 Å². The van der Waals surface area contributed by atoms with Crippen LogP contribution in [0.1, 0.15) is 23.2 Å². The van der Waals surface area contributed by atoms with Gasteiger partial charge >= 0.3 is 0 Å². The maximum absolute atomic E-state index is 10.6. The van der Waals surface area contributed by atoms with Gasteiger partial charge in [-0.15, -0.1) is 0 Å². The Kier molecular flexibility index (Phi) is 4.87. The number of unbranched alkanes of at least 4 members (excludes halogenated alkanes) is 1. The lowest BCUT2D eigenvalue weighted by molar-refractivity contribution is 0.112. The Bertz CT molecular complexity index is 396. The van der Waals surface area contributed by atoms with Crippen molar-refractivity contribution in [3.8, 4) is 17.6 Å². The summed E-state index contributed by atoms with van der Waals surface area (Å²) in [5, 5.41) is 8.36. The lowest BCUT2D eigenvalue weighted by atomic mass is 10.2. The highest BCUT2D eigenvalue weighted by Gasteiger charge is 2.04. The summed E-state index contributed by atoms with van der Waals surface area (Å²) in [6.07, 6.45) is 1.89. The van der Waals surface area contributed by atoms with Gasteiger partial charge in [0.25, 0.3) is 0 Å². The van der Waals surface area contributed by atoms with Gasteiger partial charge in [-0.1, -0.05) is 0 Å². The third-order valence-electron chi connectivity index (χ3n) is 2.01. The Morgan fingerprint density at radius 3 is 2.88 bits per heavy atom. The number of methoxy groups -OCH3 is 1. The molecule has 0 spiro atoms. The van der Waals surface area contributed by atoms with Crippen LogP contribution in [0.15, 0.2) is 18.2 Å². The number of hydrogen-bond donors (Lipinski definition) is 0. The van der Waals surface area contributed by atoms with Crippen molar-refractivity contribution in [2.24, 2.45) is 0 Å². The van der Waals surface area contributed by atoms with Gasteiger partial charge in [0.15, 0.2) is 11.5 Å². The van der Waals surface area contributed by atoms with E-state index in [2.05, 4.69) is 0 Å². The van der Waals surface area contributed by atoms with E-state index < -0.39 is 0 Å². The molecule has 0 heterocycles. The van der Waals surface area contributed by atoms with E-state index in [1.165, 1.54) is 7.11 Å². The second-order valence-electron chi connectivity index (χ2n) is 3.14. The third-order valence-corrected chi connectivity index (χ3v) is 2.01. The summed E-state index contributed by atoms with van der Waals surface area (Å²) < 4.78 is 10.5. The van der Waals surface area contributed by atoms with Crippen molar-refractivity contribution in [1.29, 1.82) is 5.26 Å². The van der Waals surface area contributed by atoms with Crippen molar-refractivity contribution in [2.45, 2.75) is 12.8 Å². The summed E-state index contributed by atoms with van der Waals surface area (Å²) >= 11 is 0. The van der Waals surface area contributed by atoms with Crippen LogP contribution >= 0.6 is 0 Å². The standard InChI is InChI=1S/C12H13NO3/c1-15-12-8-10(9-14)4-5-11(12)16-7-3-2-6-13/h4-5,8-9H,2-3,7H2,1H3. The fourth-order valence-electron chi connectivity index (χ4n) is 1.21. The van der Waals surface area contributed by atoms with Crippen molar-refractivity contribution in [3.63, 3.8) is 0 Å². The molecule has 0 atom stereocenters. The fourth-order valence-corrected chi connectivity index (χ4v) is 1.21. The number of carbonyl (C=O) groups is 1. The van der Waals surface area contributed by atoms with E-state index in [4.69, 9.17) is 14.7 Å². The van der Waals surface area contributed by atoms with E-state index in [0.29, 0.717) is 36.5 Å². The normalized spacial score (nSPS) is 9.25. The zero-order valence-electron chi connectivity index (χ0n) is 9.10. The van der Waals surface area contributed by atoms with E-state index in [0.717, 1.165) is 6.29 Å². The molecule has 1 rings (SSSR count). The molecule has 0 saturated heterocycles. The van der Waals surface area contributed by atoms with E-state index in [1.54, 1.807) is 18.2 Å². The van der Waals surface area contributed by atoms with Crippen LogP contribution in [-0.4, -0.2) is 20.0 Å². The summed E-state index contributed by atoms with van der Waals surface area (Å²) in [6, 6.07) is 7.01. The predicted octanol–water partition coefficient (Wildman–Crippen LogP) is 2.19. The first-order chi connectivity index (χ1) is 7.81. The smallest absolute Gasteiger partial charge is 0.161 e. The molecule has 84 valence electrons.